The molecule has 0 amide bonds. The van der Waals surface area contributed by atoms with Crippen molar-refractivity contribution in [3.63, 3.8) is 0 Å². The van der Waals surface area contributed by atoms with Crippen LogP contribution in [0.4, 0.5) is 0 Å². The molecule has 0 rings (SSSR count). The Morgan fingerprint density at radius 2 is 1.91 bits per heavy atom. The van der Waals surface area contributed by atoms with E-state index in [0.29, 0.717) is 18.8 Å². The fourth-order valence-corrected chi connectivity index (χ4v) is 1.15. The summed E-state index contributed by atoms with van der Waals surface area (Å²) >= 11 is 0. The molecule has 0 aromatic heterocycles. The molecule has 2 heteroatoms. The fourth-order valence-electron chi connectivity index (χ4n) is 1.15. The molecule has 0 aliphatic rings. The Hall–Kier alpha value is -1.02. The maximum Gasteiger partial charge on any atom is 0.0624 e. The molecule has 0 N–H and O–H groups in total. The summed E-state index contributed by atoms with van der Waals surface area (Å²) in [5.74, 6) is 0.449. The minimum absolute atomic E-state index is 0.449. The second-order valence-electron chi connectivity index (χ2n) is 2.71. The number of hydrogen-bond acceptors (Lipinski definition) is 2. The summed E-state index contributed by atoms with van der Waals surface area (Å²) in [5.41, 5.74) is 0. The minimum atomic E-state index is 0.449. The van der Waals surface area contributed by atoms with Crippen LogP contribution in [-0.2, 0) is 0 Å². The highest BCUT2D eigenvalue weighted by Crippen LogP contribution is 2.16. The van der Waals surface area contributed by atoms with Gasteiger partial charge in [0.25, 0.3) is 0 Å². The van der Waals surface area contributed by atoms with Crippen molar-refractivity contribution in [3.8, 4) is 12.1 Å². The third kappa shape index (κ3) is 5.43. The summed E-state index contributed by atoms with van der Waals surface area (Å²) in [4.78, 5) is 0. The Morgan fingerprint density at radius 3 is 2.36 bits per heavy atom. The van der Waals surface area contributed by atoms with Gasteiger partial charge in [-0.15, -0.1) is 0 Å². The van der Waals surface area contributed by atoms with Gasteiger partial charge in [0, 0.05) is 12.8 Å². The molecule has 0 spiro atoms. The van der Waals surface area contributed by atoms with Crippen LogP contribution < -0.4 is 0 Å². The first-order valence-electron chi connectivity index (χ1n) is 4.09. The average molecular weight is 150 g/mol. The maximum absolute atomic E-state index is 8.43. The van der Waals surface area contributed by atoms with E-state index in [4.69, 9.17) is 10.5 Å². The van der Waals surface area contributed by atoms with Gasteiger partial charge in [-0.2, -0.15) is 10.5 Å². The molecule has 0 bridgehead atoms. The van der Waals surface area contributed by atoms with Gasteiger partial charge in [0.2, 0.25) is 0 Å². The summed E-state index contributed by atoms with van der Waals surface area (Å²) in [5, 5.41) is 16.7. The number of hydrogen-bond donors (Lipinski definition) is 0. The molecule has 1 unspecified atom stereocenters. The van der Waals surface area contributed by atoms with Gasteiger partial charge < -0.3 is 0 Å². The van der Waals surface area contributed by atoms with Crippen LogP contribution in [0.2, 0.25) is 0 Å². The molecule has 0 aromatic carbocycles. The zero-order valence-corrected chi connectivity index (χ0v) is 7.01. The molecule has 0 aliphatic carbocycles. The Bertz CT molecular complexity index is 161. The molecule has 11 heavy (non-hydrogen) atoms. The van der Waals surface area contributed by atoms with Crippen LogP contribution in [0, 0.1) is 28.6 Å². The molecule has 0 saturated heterocycles. The lowest BCUT2D eigenvalue weighted by Crippen LogP contribution is -1.97. The predicted molar refractivity (Wildman–Crippen MR) is 43.5 cm³/mol. The molecule has 0 radical (unpaired) electrons. The Kier molecular flexibility index (Phi) is 6.43. The zero-order chi connectivity index (χ0) is 8.53. The topological polar surface area (TPSA) is 47.6 Å². The molecule has 0 saturated carbocycles. The SMILES string of the molecule is CCCC(CC#N)CCC#N. The third-order valence-electron chi connectivity index (χ3n) is 1.74. The van der Waals surface area contributed by atoms with E-state index in [-0.39, 0.29) is 0 Å². The van der Waals surface area contributed by atoms with Gasteiger partial charge in [-0.3, -0.25) is 0 Å². The van der Waals surface area contributed by atoms with Crippen molar-refractivity contribution in [2.75, 3.05) is 0 Å². The summed E-state index contributed by atoms with van der Waals surface area (Å²) in [6.45, 7) is 2.11. The lowest BCUT2D eigenvalue weighted by molar-refractivity contribution is 0.460. The molecular formula is C9H14N2. The van der Waals surface area contributed by atoms with Gasteiger partial charge in [0.15, 0.2) is 0 Å². The van der Waals surface area contributed by atoms with Gasteiger partial charge >= 0.3 is 0 Å². The summed E-state index contributed by atoms with van der Waals surface area (Å²) in [6.07, 6.45) is 4.27. The van der Waals surface area contributed by atoms with Gasteiger partial charge in [-0.25, -0.2) is 0 Å². The normalized spacial score (nSPS) is 11.5. The molecule has 60 valence electrons. The fraction of sp³-hybridized carbons (Fsp3) is 0.778. The molecule has 0 aromatic rings. The highest BCUT2D eigenvalue weighted by molar-refractivity contribution is 4.79. The first-order valence-corrected chi connectivity index (χ1v) is 4.09. The van der Waals surface area contributed by atoms with E-state index < -0.39 is 0 Å². The third-order valence-corrected chi connectivity index (χ3v) is 1.74. The zero-order valence-electron chi connectivity index (χ0n) is 7.01. The van der Waals surface area contributed by atoms with Crippen LogP contribution in [0.3, 0.4) is 0 Å². The van der Waals surface area contributed by atoms with Crippen LogP contribution in [0.1, 0.15) is 39.0 Å². The Labute approximate surface area is 68.4 Å². The van der Waals surface area contributed by atoms with E-state index >= 15 is 0 Å². The van der Waals surface area contributed by atoms with Crippen LogP contribution in [-0.4, -0.2) is 0 Å². The minimum Gasteiger partial charge on any atom is -0.198 e. The first kappa shape index (κ1) is 9.98. The number of nitrogens with zero attached hydrogens (tertiary/aromatic N) is 2. The monoisotopic (exact) mass is 150 g/mol. The quantitative estimate of drug-likeness (QED) is 0.604. The molecule has 1 atom stereocenters. The molecule has 0 aliphatic heterocycles. The highest BCUT2D eigenvalue weighted by Gasteiger charge is 2.05. The van der Waals surface area contributed by atoms with Crippen molar-refractivity contribution in [1.29, 1.82) is 10.5 Å². The van der Waals surface area contributed by atoms with Gasteiger partial charge in [0.1, 0.15) is 0 Å². The van der Waals surface area contributed by atoms with Gasteiger partial charge in [-0.1, -0.05) is 13.3 Å². The van der Waals surface area contributed by atoms with E-state index in [1.54, 1.807) is 0 Å². The van der Waals surface area contributed by atoms with Crippen LogP contribution in [0.15, 0.2) is 0 Å². The smallest absolute Gasteiger partial charge is 0.0624 e. The molecule has 0 fully saturated rings. The lowest BCUT2D eigenvalue weighted by Gasteiger charge is -2.08. The van der Waals surface area contributed by atoms with E-state index in [0.717, 1.165) is 19.3 Å². The molecular weight excluding hydrogens is 136 g/mol. The first-order chi connectivity index (χ1) is 5.35. The summed E-state index contributed by atoms with van der Waals surface area (Å²) in [6, 6.07) is 4.26. The van der Waals surface area contributed by atoms with Crippen LogP contribution >= 0.6 is 0 Å². The summed E-state index contributed by atoms with van der Waals surface area (Å²) in [7, 11) is 0. The summed E-state index contributed by atoms with van der Waals surface area (Å²) < 4.78 is 0. The largest absolute Gasteiger partial charge is 0.198 e. The van der Waals surface area contributed by atoms with Crippen LogP contribution in [0.25, 0.3) is 0 Å². The van der Waals surface area contributed by atoms with Crippen molar-refractivity contribution in [2.24, 2.45) is 5.92 Å². The van der Waals surface area contributed by atoms with Crippen LogP contribution in [0.5, 0.6) is 0 Å². The number of rotatable bonds is 5. The Morgan fingerprint density at radius 1 is 1.18 bits per heavy atom. The second kappa shape index (κ2) is 7.09. The van der Waals surface area contributed by atoms with Crippen molar-refractivity contribution in [3.05, 3.63) is 0 Å². The van der Waals surface area contributed by atoms with Crippen molar-refractivity contribution in [1.82, 2.24) is 0 Å². The highest BCUT2D eigenvalue weighted by atomic mass is 14.3. The van der Waals surface area contributed by atoms with Crippen molar-refractivity contribution < 1.29 is 0 Å². The molecule has 2 nitrogen and oxygen atoms in total. The number of nitriles is 2. The standard InChI is InChI=1S/C9H14N2/c1-2-4-9(6-8-11)5-3-7-10/h9H,2-6H2,1H3. The molecule has 0 heterocycles. The second-order valence-corrected chi connectivity index (χ2v) is 2.71. The van der Waals surface area contributed by atoms with Crippen molar-refractivity contribution >= 4 is 0 Å². The van der Waals surface area contributed by atoms with Gasteiger partial charge in [-0.05, 0) is 18.8 Å². The van der Waals surface area contributed by atoms with E-state index in [9.17, 15) is 0 Å². The maximum atomic E-state index is 8.43. The van der Waals surface area contributed by atoms with Gasteiger partial charge in [0.05, 0.1) is 12.1 Å². The van der Waals surface area contributed by atoms with Crippen molar-refractivity contribution in [2.45, 2.75) is 39.0 Å². The van der Waals surface area contributed by atoms with E-state index in [1.807, 2.05) is 0 Å². The lowest BCUT2D eigenvalue weighted by atomic mass is 9.96. The average Bonchev–Trinajstić information content (AvgIpc) is 2.01. The predicted octanol–water partition coefficient (Wildman–Crippen LogP) is 2.62. The van der Waals surface area contributed by atoms with E-state index in [2.05, 4.69) is 19.1 Å². The Balaban J connectivity index is 3.54. The van der Waals surface area contributed by atoms with E-state index in [1.165, 1.54) is 0 Å².